The molecular formula is C21H36IN7. The van der Waals surface area contributed by atoms with Crippen LogP contribution in [-0.4, -0.2) is 57.3 Å². The SMILES string of the molecule is CCNC(=NCc1ccc(-n2cncn2)cc1)NCCCN(C(C)C)C(C)C.I. The Morgan fingerprint density at radius 3 is 2.34 bits per heavy atom. The van der Waals surface area contributed by atoms with Crippen LogP contribution in [0.1, 0.15) is 46.6 Å². The predicted octanol–water partition coefficient (Wildman–Crippen LogP) is 3.45. The van der Waals surface area contributed by atoms with E-state index in [2.05, 4.69) is 72.4 Å². The first-order valence-corrected chi connectivity index (χ1v) is 10.2. The molecule has 0 radical (unpaired) electrons. The van der Waals surface area contributed by atoms with Gasteiger partial charge in [-0.15, -0.1) is 24.0 Å². The lowest BCUT2D eigenvalue weighted by Crippen LogP contribution is -2.41. The molecular weight excluding hydrogens is 477 g/mol. The Balaban J connectivity index is 0.00000420. The summed E-state index contributed by atoms with van der Waals surface area (Å²) in [7, 11) is 0. The number of aromatic nitrogens is 3. The number of hydrogen-bond acceptors (Lipinski definition) is 4. The van der Waals surface area contributed by atoms with Crippen LogP contribution in [0.4, 0.5) is 0 Å². The number of nitrogens with one attached hydrogen (secondary N) is 2. The second-order valence-electron chi connectivity index (χ2n) is 7.41. The molecule has 0 fully saturated rings. The quantitative estimate of drug-likeness (QED) is 0.221. The Morgan fingerprint density at radius 2 is 1.79 bits per heavy atom. The highest BCUT2D eigenvalue weighted by Gasteiger charge is 2.12. The van der Waals surface area contributed by atoms with Gasteiger partial charge in [-0.05, 0) is 58.7 Å². The molecule has 0 aliphatic carbocycles. The molecule has 162 valence electrons. The molecule has 0 unspecified atom stereocenters. The molecule has 0 aliphatic rings. The van der Waals surface area contributed by atoms with E-state index in [4.69, 9.17) is 4.99 Å². The predicted molar refractivity (Wildman–Crippen MR) is 131 cm³/mol. The van der Waals surface area contributed by atoms with Crippen molar-refractivity contribution in [2.45, 2.75) is 59.7 Å². The molecule has 1 aromatic heterocycles. The van der Waals surface area contributed by atoms with Crippen LogP contribution in [-0.2, 0) is 6.54 Å². The standard InChI is InChI=1S/C21H35N7.HI/c1-6-23-21(24-12-7-13-27(17(2)3)18(4)5)25-14-19-8-10-20(11-9-19)28-16-22-15-26-28;/h8-11,15-18H,6-7,12-14H2,1-5H3,(H2,23,24,25);1H. The Morgan fingerprint density at radius 1 is 1.10 bits per heavy atom. The van der Waals surface area contributed by atoms with Crippen LogP contribution in [0.3, 0.4) is 0 Å². The van der Waals surface area contributed by atoms with Gasteiger partial charge in [-0.1, -0.05) is 12.1 Å². The zero-order chi connectivity index (χ0) is 20.4. The van der Waals surface area contributed by atoms with E-state index in [1.807, 2.05) is 12.1 Å². The monoisotopic (exact) mass is 513 g/mol. The topological polar surface area (TPSA) is 70.4 Å². The van der Waals surface area contributed by atoms with Gasteiger partial charge in [0.1, 0.15) is 12.7 Å². The van der Waals surface area contributed by atoms with Crippen LogP contribution in [0, 0.1) is 0 Å². The van der Waals surface area contributed by atoms with Crippen molar-refractivity contribution in [1.29, 1.82) is 0 Å². The maximum atomic E-state index is 4.71. The molecule has 7 nitrogen and oxygen atoms in total. The van der Waals surface area contributed by atoms with Crippen molar-refractivity contribution in [1.82, 2.24) is 30.3 Å². The van der Waals surface area contributed by atoms with Crippen LogP contribution >= 0.6 is 24.0 Å². The first kappa shape index (κ1) is 25.4. The summed E-state index contributed by atoms with van der Waals surface area (Å²) in [5, 5.41) is 10.9. The third kappa shape index (κ3) is 8.69. The number of guanidine groups is 1. The van der Waals surface area contributed by atoms with E-state index in [0.29, 0.717) is 18.6 Å². The van der Waals surface area contributed by atoms with Crippen molar-refractivity contribution in [3.63, 3.8) is 0 Å². The normalized spacial score (nSPS) is 11.8. The van der Waals surface area contributed by atoms with Gasteiger partial charge in [-0.2, -0.15) is 5.10 Å². The lowest BCUT2D eigenvalue weighted by Gasteiger charge is -2.30. The number of aliphatic imine (C=N–C) groups is 1. The van der Waals surface area contributed by atoms with Crippen molar-refractivity contribution in [2.24, 2.45) is 4.99 Å². The van der Waals surface area contributed by atoms with Gasteiger partial charge >= 0.3 is 0 Å². The van der Waals surface area contributed by atoms with Crippen LogP contribution in [0.25, 0.3) is 5.69 Å². The molecule has 2 N–H and O–H groups in total. The van der Waals surface area contributed by atoms with Gasteiger partial charge < -0.3 is 10.6 Å². The number of benzene rings is 1. The first-order chi connectivity index (χ1) is 13.5. The van der Waals surface area contributed by atoms with E-state index >= 15 is 0 Å². The van der Waals surface area contributed by atoms with Crippen LogP contribution in [0.15, 0.2) is 41.9 Å². The summed E-state index contributed by atoms with van der Waals surface area (Å²) in [6.45, 7) is 14.6. The summed E-state index contributed by atoms with van der Waals surface area (Å²) in [6.07, 6.45) is 4.32. The van der Waals surface area contributed by atoms with Crippen molar-refractivity contribution in [3.8, 4) is 5.69 Å². The second-order valence-corrected chi connectivity index (χ2v) is 7.41. The molecule has 0 saturated heterocycles. The molecule has 0 amide bonds. The minimum Gasteiger partial charge on any atom is -0.357 e. The summed E-state index contributed by atoms with van der Waals surface area (Å²) in [4.78, 5) is 11.2. The fraction of sp³-hybridized carbons (Fsp3) is 0.571. The maximum absolute atomic E-state index is 4.71. The zero-order valence-corrected chi connectivity index (χ0v) is 20.6. The van der Waals surface area contributed by atoms with Crippen LogP contribution < -0.4 is 10.6 Å². The van der Waals surface area contributed by atoms with Gasteiger partial charge in [0.05, 0.1) is 12.2 Å². The Hall–Kier alpha value is -1.68. The Labute approximate surface area is 192 Å². The van der Waals surface area contributed by atoms with E-state index in [1.54, 1.807) is 11.0 Å². The fourth-order valence-corrected chi connectivity index (χ4v) is 3.19. The summed E-state index contributed by atoms with van der Waals surface area (Å²) in [6, 6.07) is 9.36. The molecule has 1 heterocycles. The molecule has 2 rings (SSSR count). The molecule has 0 spiro atoms. The van der Waals surface area contributed by atoms with Gasteiger partial charge in [0.15, 0.2) is 5.96 Å². The van der Waals surface area contributed by atoms with Gasteiger partial charge in [0.2, 0.25) is 0 Å². The molecule has 29 heavy (non-hydrogen) atoms. The average molecular weight is 513 g/mol. The van der Waals surface area contributed by atoms with Crippen molar-refractivity contribution < 1.29 is 0 Å². The minimum absolute atomic E-state index is 0. The number of nitrogens with zero attached hydrogens (tertiary/aromatic N) is 5. The average Bonchev–Trinajstić information content (AvgIpc) is 3.20. The highest BCUT2D eigenvalue weighted by molar-refractivity contribution is 14.0. The van der Waals surface area contributed by atoms with Crippen molar-refractivity contribution >= 4 is 29.9 Å². The summed E-state index contributed by atoms with van der Waals surface area (Å²) in [5.74, 6) is 0.864. The Kier molecular flexibility index (Phi) is 11.8. The number of rotatable bonds is 10. The summed E-state index contributed by atoms with van der Waals surface area (Å²) in [5.41, 5.74) is 2.15. The van der Waals surface area contributed by atoms with Gasteiger partial charge in [-0.25, -0.2) is 14.7 Å². The van der Waals surface area contributed by atoms with E-state index in [1.165, 1.54) is 6.33 Å². The lowest BCUT2D eigenvalue weighted by molar-refractivity contribution is 0.173. The molecule has 1 aromatic carbocycles. The van der Waals surface area contributed by atoms with Crippen LogP contribution in [0.2, 0.25) is 0 Å². The maximum Gasteiger partial charge on any atom is 0.191 e. The largest absolute Gasteiger partial charge is 0.357 e. The van der Waals surface area contributed by atoms with Gasteiger partial charge in [0.25, 0.3) is 0 Å². The zero-order valence-electron chi connectivity index (χ0n) is 18.3. The molecule has 8 heteroatoms. The highest BCUT2D eigenvalue weighted by Crippen LogP contribution is 2.09. The molecule has 0 saturated carbocycles. The van der Waals surface area contributed by atoms with Crippen LogP contribution in [0.5, 0.6) is 0 Å². The number of halogens is 1. The molecule has 0 aliphatic heterocycles. The molecule has 2 aromatic rings. The van der Waals surface area contributed by atoms with Crippen molar-refractivity contribution in [3.05, 3.63) is 42.5 Å². The third-order valence-corrected chi connectivity index (χ3v) is 4.60. The summed E-state index contributed by atoms with van der Waals surface area (Å²) < 4.78 is 1.75. The van der Waals surface area contributed by atoms with Crippen molar-refractivity contribution in [2.75, 3.05) is 19.6 Å². The highest BCUT2D eigenvalue weighted by atomic mass is 127. The summed E-state index contributed by atoms with van der Waals surface area (Å²) >= 11 is 0. The van der Waals surface area contributed by atoms with E-state index in [9.17, 15) is 0 Å². The van der Waals surface area contributed by atoms with E-state index in [0.717, 1.165) is 43.3 Å². The number of hydrogen-bond donors (Lipinski definition) is 2. The molecule has 0 bridgehead atoms. The van der Waals surface area contributed by atoms with Gasteiger partial charge in [-0.3, -0.25) is 4.90 Å². The minimum atomic E-state index is 0. The third-order valence-electron chi connectivity index (χ3n) is 4.60. The smallest absolute Gasteiger partial charge is 0.191 e. The van der Waals surface area contributed by atoms with E-state index < -0.39 is 0 Å². The molecule has 0 atom stereocenters. The Bertz CT molecular complexity index is 688. The first-order valence-electron chi connectivity index (χ1n) is 10.2. The lowest BCUT2D eigenvalue weighted by atomic mass is 10.2. The van der Waals surface area contributed by atoms with Gasteiger partial charge in [0, 0.05) is 31.7 Å². The second kappa shape index (κ2) is 13.5. The fourth-order valence-electron chi connectivity index (χ4n) is 3.19. The van der Waals surface area contributed by atoms with E-state index in [-0.39, 0.29) is 24.0 Å².